The van der Waals surface area contributed by atoms with Gasteiger partial charge in [0, 0.05) is 18.9 Å². The Bertz CT molecular complexity index is 303. The first kappa shape index (κ1) is 10.6. The zero-order chi connectivity index (χ0) is 10.7. The molecule has 0 saturated carbocycles. The van der Waals surface area contributed by atoms with Gasteiger partial charge in [0.1, 0.15) is 6.04 Å². The largest absolute Gasteiger partial charge is 0.550 e. The van der Waals surface area contributed by atoms with Crippen molar-refractivity contribution in [1.82, 2.24) is 10.2 Å². The summed E-state index contributed by atoms with van der Waals surface area (Å²) in [5, 5.41) is 13.1. The smallest absolute Gasteiger partial charge is 0.251 e. The molecular weight excluding hydrogens is 204 g/mol. The maximum absolute atomic E-state index is 11.5. The number of carboxylic acids is 1. The fourth-order valence-electron chi connectivity index (χ4n) is 1.18. The first-order valence-corrected chi connectivity index (χ1v) is 4.39. The predicted octanol–water partition coefficient (Wildman–Crippen LogP) is -1.60. The van der Waals surface area contributed by atoms with Crippen molar-refractivity contribution < 1.29 is 14.7 Å². The van der Waals surface area contributed by atoms with Crippen molar-refractivity contribution in [3.63, 3.8) is 0 Å². The molecule has 6 heteroatoms. The lowest BCUT2D eigenvalue weighted by Gasteiger charge is -2.11. The van der Waals surface area contributed by atoms with Crippen molar-refractivity contribution in [2.45, 2.75) is 12.5 Å². The summed E-state index contributed by atoms with van der Waals surface area (Å²) in [5.74, 6) is -1.63. The number of nitrogens with zero attached hydrogens (tertiary/aromatic N) is 1. The molecule has 0 aromatic carbocycles. The fraction of sp³-hybridized carbons (Fsp3) is 0.375. The van der Waals surface area contributed by atoms with Gasteiger partial charge in [0.2, 0.25) is 0 Å². The standard InChI is InChI=1S/C8H10N2O3S/c1-2-3-10-7(13)5(4-6(11)12)9-8(10)14/h2,5H,1,3-4H2,(H,9,14)(H,11,12)/p-1/t5-/m0/s1. The Morgan fingerprint density at radius 1 is 1.79 bits per heavy atom. The van der Waals surface area contributed by atoms with Gasteiger partial charge in [0.05, 0.1) is 0 Å². The van der Waals surface area contributed by atoms with Crippen LogP contribution in [0.2, 0.25) is 0 Å². The number of hydrogen-bond donors (Lipinski definition) is 1. The van der Waals surface area contributed by atoms with Gasteiger partial charge in [-0.25, -0.2) is 0 Å². The molecule has 0 aliphatic carbocycles. The topological polar surface area (TPSA) is 72.5 Å². The average molecular weight is 213 g/mol. The molecule has 1 rings (SSSR count). The van der Waals surface area contributed by atoms with Gasteiger partial charge < -0.3 is 15.2 Å². The number of aliphatic carboxylic acids is 1. The number of rotatable bonds is 4. The Kier molecular flexibility index (Phi) is 3.19. The van der Waals surface area contributed by atoms with Crippen LogP contribution in [-0.4, -0.2) is 34.5 Å². The van der Waals surface area contributed by atoms with Crippen LogP contribution in [-0.2, 0) is 9.59 Å². The molecular formula is C8H9N2O3S-. The second kappa shape index (κ2) is 4.19. The summed E-state index contributed by atoms with van der Waals surface area (Å²) in [6, 6.07) is -0.799. The van der Waals surface area contributed by atoms with Gasteiger partial charge in [-0.1, -0.05) is 6.08 Å². The molecule has 1 aliphatic heterocycles. The van der Waals surface area contributed by atoms with Crippen LogP contribution in [0.4, 0.5) is 0 Å². The summed E-state index contributed by atoms with van der Waals surface area (Å²) < 4.78 is 0. The van der Waals surface area contributed by atoms with Gasteiger partial charge in [-0.3, -0.25) is 9.69 Å². The molecule has 0 bridgehead atoms. The second-order valence-electron chi connectivity index (χ2n) is 2.82. The van der Waals surface area contributed by atoms with Gasteiger partial charge in [-0.2, -0.15) is 0 Å². The molecule has 1 amide bonds. The molecule has 0 radical (unpaired) electrons. The quantitative estimate of drug-likeness (QED) is 0.449. The highest BCUT2D eigenvalue weighted by Crippen LogP contribution is 2.08. The maximum atomic E-state index is 11.5. The molecule has 0 unspecified atom stereocenters. The van der Waals surface area contributed by atoms with E-state index in [4.69, 9.17) is 12.2 Å². The second-order valence-corrected chi connectivity index (χ2v) is 3.20. The molecule has 0 aromatic rings. The van der Waals surface area contributed by atoms with E-state index in [1.807, 2.05) is 0 Å². The van der Waals surface area contributed by atoms with Crippen LogP contribution in [0.3, 0.4) is 0 Å². The van der Waals surface area contributed by atoms with Crippen LogP contribution in [0.15, 0.2) is 12.7 Å². The highest BCUT2D eigenvalue weighted by atomic mass is 32.1. The Morgan fingerprint density at radius 2 is 2.43 bits per heavy atom. The normalized spacial score (nSPS) is 20.9. The lowest BCUT2D eigenvalue weighted by atomic mass is 10.2. The highest BCUT2D eigenvalue weighted by molar-refractivity contribution is 7.80. The molecule has 1 saturated heterocycles. The summed E-state index contributed by atoms with van der Waals surface area (Å²) in [5.41, 5.74) is 0. The first-order valence-electron chi connectivity index (χ1n) is 3.99. The van der Waals surface area contributed by atoms with E-state index in [-0.39, 0.29) is 24.0 Å². The van der Waals surface area contributed by atoms with E-state index in [2.05, 4.69) is 11.9 Å². The van der Waals surface area contributed by atoms with E-state index >= 15 is 0 Å². The molecule has 14 heavy (non-hydrogen) atoms. The van der Waals surface area contributed by atoms with E-state index in [1.54, 1.807) is 0 Å². The number of amides is 1. The molecule has 1 fully saturated rings. The molecule has 0 spiro atoms. The van der Waals surface area contributed by atoms with Crippen LogP contribution in [0.1, 0.15) is 6.42 Å². The molecule has 1 atom stereocenters. The van der Waals surface area contributed by atoms with Crippen molar-refractivity contribution in [3.8, 4) is 0 Å². The van der Waals surface area contributed by atoms with Crippen molar-refractivity contribution in [1.29, 1.82) is 0 Å². The Balaban J connectivity index is 2.68. The van der Waals surface area contributed by atoms with E-state index in [0.29, 0.717) is 0 Å². The lowest BCUT2D eigenvalue weighted by molar-refractivity contribution is -0.306. The molecule has 5 nitrogen and oxygen atoms in total. The molecule has 0 aromatic heterocycles. The SMILES string of the molecule is C=CCN1C(=O)[C@H](CC(=O)[O-])NC1=S. The highest BCUT2D eigenvalue weighted by Gasteiger charge is 2.34. The summed E-state index contributed by atoms with van der Waals surface area (Å²) in [6.07, 6.45) is 1.15. The summed E-state index contributed by atoms with van der Waals surface area (Å²) in [6.45, 7) is 3.75. The average Bonchev–Trinajstić information content (AvgIpc) is 2.32. The van der Waals surface area contributed by atoms with Crippen LogP contribution < -0.4 is 10.4 Å². The monoisotopic (exact) mass is 213 g/mol. The van der Waals surface area contributed by atoms with Crippen molar-refractivity contribution >= 4 is 29.2 Å². The number of thiocarbonyl (C=S) groups is 1. The molecule has 1 N–H and O–H groups in total. The van der Waals surface area contributed by atoms with Crippen LogP contribution in [0.25, 0.3) is 0 Å². The molecule has 1 heterocycles. The zero-order valence-electron chi connectivity index (χ0n) is 7.36. The number of nitrogens with one attached hydrogen (secondary N) is 1. The van der Waals surface area contributed by atoms with E-state index in [1.165, 1.54) is 11.0 Å². The number of carbonyl (C=O) groups is 2. The number of carboxylic acid groups (broad SMARTS) is 1. The van der Waals surface area contributed by atoms with Gasteiger partial charge in [-0.15, -0.1) is 6.58 Å². The van der Waals surface area contributed by atoms with Gasteiger partial charge in [0.15, 0.2) is 5.11 Å². The van der Waals surface area contributed by atoms with E-state index in [0.717, 1.165) is 0 Å². The number of carbonyl (C=O) groups excluding carboxylic acids is 2. The Hall–Kier alpha value is -1.43. The third-order valence-electron chi connectivity index (χ3n) is 1.79. The van der Waals surface area contributed by atoms with Crippen molar-refractivity contribution in [2.24, 2.45) is 0 Å². The number of hydrogen-bond acceptors (Lipinski definition) is 4. The summed E-state index contributed by atoms with van der Waals surface area (Å²) >= 11 is 4.85. The minimum Gasteiger partial charge on any atom is -0.550 e. The third-order valence-corrected chi connectivity index (χ3v) is 2.13. The predicted molar refractivity (Wildman–Crippen MR) is 51.1 cm³/mol. The molecule has 1 aliphatic rings. The minimum absolute atomic E-state index is 0.237. The first-order chi connectivity index (χ1) is 6.56. The van der Waals surface area contributed by atoms with Gasteiger partial charge >= 0.3 is 0 Å². The van der Waals surface area contributed by atoms with Crippen LogP contribution >= 0.6 is 12.2 Å². The summed E-state index contributed by atoms with van der Waals surface area (Å²) in [4.78, 5) is 23.0. The maximum Gasteiger partial charge on any atom is 0.251 e. The van der Waals surface area contributed by atoms with Crippen molar-refractivity contribution in [3.05, 3.63) is 12.7 Å². The van der Waals surface area contributed by atoms with Crippen LogP contribution in [0.5, 0.6) is 0 Å². The minimum atomic E-state index is -1.28. The fourth-order valence-corrected chi connectivity index (χ4v) is 1.49. The van der Waals surface area contributed by atoms with Crippen LogP contribution in [0, 0.1) is 0 Å². The van der Waals surface area contributed by atoms with Gasteiger partial charge in [0.25, 0.3) is 5.91 Å². The van der Waals surface area contributed by atoms with E-state index < -0.39 is 12.0 Å². The Morgan fingerprint density at radius 3 is 2.93 bits per heavy atom. The molecule has 76 valence electrons. The third kappa shape index (κ3) is 2.08. The Labute approximate surface area is 86.4 Å². The van der Waals surface area contributed by atoms with Crippen molar-refractivity contribution in [2.75, 3.05) is 6.54 Å². The summed E-state index contributed by atoms with van der Waals surface area (Å²) in [7, 11) is 0. The lowest BCUT2D eigenvalue weighted by Crippen LogP contribution is -2.37. The zero-order valence-corrected chi connectivity index (χ0v) is 8.17. The van der Waals surface area contributed by atoms with Gasteiger partial charge in [-0.05, 0) is 12.2 Å². The van der Waals surface area contributed by atoms with E-state index in [9.17, 15) is 14.7 Å².